The molecule has 11 nitrogen and oxygen atoms in total. The number of H-pyrrole nitrogens is 1. The van der Waals surface area contributed by atoms with E-state index in [-0.39, 0.29) is 29.1 Å². The largest absolute Gasteiger partial charge is 0.394 e. The summed E-state index contributed by atoms with van der Waals surface area (Å²) in [6.07, 6.45) is 5.13. The van der Waals surface area contributed by atoms with E-state index in [0.29, 0.717) is 16.8 Å². The van der Waals surface area contributed by atoms with Gasteiger partial charge in [0.2, 0.25) is 5.91 Å². The number of amides is 2. The Morgan fingerprint density at radius 1 is 1.11 bits per heavy atom. The number of aromatic amines is 1. The molecular weight excluding hydrogens is 478 g/mol. The van der Waals surface area contributed by atoms with Crippen LogP contribution in [0.15, 0.2) is 40.4 Å². The molecule has 5 rings (SSSR count). The minimum atomic E-state index is -0.377. The second kappa shape index (κ2) is 10.5. The molecule has 0 spiro atoms. The Morgan fingerprint density at radius 3 is 2.53 bits per heavy atom. The summed E-state index contributed by atoms with van der Waals surface area (Å²) in [6.45, 7) is 3.47. The molecule has 0 atom stereocenters. The van der Waals surface area contributed by atoms with Gasteiger partial charge in [-0.1, -0.05) is 6.42 Å². The standard InChI is InChI=1S/C24H29N9O2S/c1-14-13-18(31-30-14)27-21-19(25)20(23(35)32-33-11-3-2-4-12-33)28-24(29-21)36-17-9-7-16(8-10-17)26-22(34)15-5-6-15/h7-10,13,15H,2-6,11-12,25H2,1H3,(H,26,34)(H,32,35)(H2,27,28,29,30,31). The molecule has 36 heavy (non-hydrogen) atoms. The number of nitrogen functional groups attached to an aromatic ring is 1. The van der Waals surface area contributed by atoms with Crippen molar-refractivity contribution in [3.63, 3.8) is 0 Å². The summed E-state index contributed by atoms with van der Waals surface area (Å²) < 4.78 is 0. The normalized spacial score (nSPS) is 15.9. The number of aryl methyl sites for hydroxylation is 1. The number of rotatable bonds is 8. The smallest absolute Gasteiger partial charge is 0.286 e. The monoisotopic (exact) mass is 507 g/mol. The van der Waals surface area contributed by atoms with Crippen LogP contribution < -0.4 is 21.8 Å². The zero-order chi connectivity index (χ0) is 25.1. The zero-order valence-corrected chi connectivity index (χ0v) is 20.8. The van der Waals surface area contributed by atoms with Crippen LogP contribution in [0.25, 0.3) is 0 Å². The van der Waals surface area contributed by atoms with E-state index < -0.39 is 0 Å². The molecule has 188 valence electrons. The Hall–Kier alpha value is -3.64. The summed E-state index contributed by atoms with van der Waals surface area (Å²) in [7, 11) is 0. The number of hydrogen-bond acceptors (Lipinski definition) is 9. The lowest BCUT2D eigenvalue weighted by Gasteiger charge is -2.26. The third-order valence-corrected chi connectivity index (χ3v) is 6.86. The van der Waals surface area contributed by atoms with Crippen molar-refractivity contribution in [2.75, 3.05) is 29.5 Å². The minimum absolute atomic E-state index is 0.0611. The predicted octanol–water partition coefficient (Wildman–Crippen LogP) is 3.46. The highest BCUT2D eigenvalue weighted by Crippen LogP contribution is 2.32. The first kappa shape index (κ1) is 24.1. The van der Waals surface area contributed by atoms with Crippen molar-refractivity contribution in [1.29, 1.82) is 0 Å². The van der Waals surface area contributed by atoms with Crippen LogP contribution in [0.1, 0.15) is 48.3 Å². The van der Waals surface area contributed by atoms with Gasteiger partial charge in [0.25, 0.3) is 5.91 Å². The Bertz CT molecular complexity index is 1250. The number of benzene rings is 1. The third-order valence-electron chi connectivity index (χ3n) is 5.99. The molecular formula is C24H29N9O2S. The van der Waals surface area contributed by atoms with Crippen LogP contribution in [-0.4, -0.2) is 50.1 Å². The lowest BCUT2D eigenvalue weighted by atomic mass is 10.2. The first-order valence-corrected chi connectivity index (χ1v) is 12.9. The number of nitrogens with zero attached hydrogens (tertiary/aromatic N) is 4. The molecule has 0 unspecified atom stereocenters. The van der Waals surface area contributed by atoms with E-state index in [2.05, 4.69) is 36.2 Å². The highest BCUT2D eigenvalue weighted by Gasteiger charge is 2.29. The molecule has 2 fully saturated rings. The summed E-state index contributed by atoms with van der Waals surface area (Å²) in [5, 5.41) is 15.3. The predicted molar refractivity (Wildman–Crippen MR) is 138 cm³/mol. The van der Waals surface area contributed by atoms with Crippen molar-refractivity contribution in [3.8, 4) is 0 Å². The maximum atomic E-state index is 13.1. The maximum Gasteiger partial charge on any atom is 0.286 e. The minimum Gasteiger partial charge on any atom is -0.394 e. The second-order valence-electron chi connectivity index (χ2n) is 9.06. The van der Waals surface area contributed by atoms with Crippen LogP contribution in [0.3, 0.4) is 0 Å². The first-order valence-electron chi connectivity index (χ1n) is 12.1. The maximum absolute atomic E-state index is 13.1. The number of nitrogens with one attached hydrogen (secondary N) is 4. The van der Waals surface area contributed by atoms with Gasteiger partial charge < -0.3 is 16.4 Å². The molecule has 3 heterocycles. The molecule has 3 aromatic rings. The van der Waals surface area contributed by atoms with Gasteiger partial charge >= 0.3 is 0 Å². The van der Waals surface area contributed by atoms with Crippen LogP contribution in [0.2, 0.25) is 0 Å². The van der Waals surface area contributed by atoms with Gasteiger partial charge in [0, 0.05) is 41.4 Å². The van der Waals surface area contributed by atoms with E-state index >= 15 is 0 Å². The Kier molecular flexibility index (Phi) is 7.05. The van der Waals surface area contributed by atoms with E-state index in [1.54, 1.807) is 0 Å². The molecule has 1 aliphatic carbocycles. The number of carbonyl (C=O) groups excluding carboxylic acids is 2. The van der Waals surface area contributed by atoms with Gasteiger partial charge in [0.1, 0.15) is 5.69 Å². The number of carbonyl (C=O) groups is 2. The number of anilines is 4. The van der Waals surface area contributed by atoms with E-state index in [1.165, 1.54) is 11.8 Å². The van der Waals surface area contributed by atoms with Crippen LogP contribution >= 0.6 is 11.8 Å². The van der Waals surface area contributed by atoms with Crippen LogP contribution in [-0.2, 0) is 4.79 Å². The van der Waals surface area contributed by atoms with E-state index in [1.807, 2.05) is 42.3 Å². The molecule has 2 amide bonds. The number of aromatic nitrogens is 4. The number of hydrogen-bond donors (Lipinski definition) is 5. The van der Waals surface area contributed by atoms with E-state index in [4.69, 9.17) is 5.73 Å². The first-order chi connectivity index (χ1) is 17.4. The summed E-state index contributed by atoms with van der Waals surface area (Å²) >= 11 is 1.30. The summed E-state index contributed by atoms with van der Waals surface area (Å²) in [5.74, 6) is 0.660. The van der Waals surface area contributed by atoms with Gasteiger partial charge in [-0.3, -0.25) is 20.1 Å². The SMILES string of the molecule is Cc1cc(Nc2nc(Sc3ccc(NC(=O)C4CC4)cc3)nc(C(=O)NN3CCCCC3)c2N)n[nH]1. The average Bonchev–Trinajstić information content (AvgIpc) is 3.65. The fourth-order valence-corrected chi connectivity index (χ4v) is 4.63. The van der Waals surface area contributed by atoms with Gasteiger partial charge in [0.05, 0.1) is 0 Å². The molecule has 0 bridgehead atoms. The van der Waals surface area contributed by atoms with Crippen LogP contribution in [0.5, 0.6) is 0 Å². The van der Waals surface area contributed by atoms with Gasteiger partial charge in [0.15, 0.2) is 22.5 Å². The Balaban J connectivity index is 1.37. The number of piperidine rings is 1. The molecule has 1 saturated heterocycles. The molecule has 12 heteroatoms. The van der Waals surface area contributed by atoms with Gasteiger partial charge in [-0.15, -0.1) is 0 Å². The summed E-state index contributed by atoms with van der Waals surface area (Å²) in [6, 6.07) is 9.26. The van der Waals surface area contributed by atoms with Gasteiger partial charge in [-0.25, -0.2) is 15.0 Å². The molecule has 2 aliphatic rings. The van der Waals surface area contributed by atoms with Crippen molar-refractivity contribution in [1.82, 2.24) is 30.6 Å². The average molecular weight is 508 g/mol. The molecule has 1 aliphatic heterocycles. The molecule has 0 radical (unpaired) electrons. The van der Waals surface area contributed by atoms with Crippen molar-refractivity contribution in [3.05, 3.63) is 41.7 Å². The van der Waals surface area contributed by atoms with E-state index in [0.717, 1.165) is 61.5 Å². The fourth-order valence-electron chi connectivity index (χ4n) is 3.87. The lowest BCUT2D eigenvalue weighted by molar-refractivity contribution is -0.117. The topological polar surface area (TPSA) is 154 Å². The van der Waals surface area contributed by atoms with E-state index in [9.17, 15) is 9.59 Å². The van der Waals surface area contributed by atoms with Crippen molar-refractivity contribution in [2.45, 2.75) is 49.1 Å². The fraction of sp³-hybridized carbons (Fsp3) is 0.375. The number of hydrazine groups is 1. The third kappa shape index (κ3) is 5.94. The summed E-state index contributed by atoms with van der Waals surface area (Å²) in [5.41, 5.74) is 11.1. The molecule has 6 N–H and O–H groups in total. The number of nitrogens with two attached hydrogens (primary N) is 1. The second-order valence-corrected chi connectivity index (χ2v) is 10.1. The van der Waals surface area contributed by atoms with Crippen molar-refractivity contribution in [2.24, 2.45) is 5.92 Å². The van der Waals surface area contributed by atoms with Gasteiger partial charge in [-0.2, -0.15) is 5.10 Å². The summed E-state index contributed by atoms with van der Waals surface area (Å²) in [4.78, 5) is 35.1. The highest BCUT2D eigenvalue weighted by atomic mass is 32.2. The lowest BCUT2D eigenvalue weighted by Crippen LogP contribution is -2.45. The molecule has 1 saturated carbocycles. The quantitative estimate of drug-likeness (QED) is 0.288. The molecule has 1 aromatic carbocycles. The Morgan fingerprint density at radius 2 is 1.86 bits per heavy atom. The highest BCUT2D eigenvalue weighted by molar-refractivity contribution is 7.99. The Labute approximate surface area is 213 Å². The van der Waals surface area contributed by atoms with Crippen molar-refractivity contribution >= 4 is 46.6 Å². The van der Waals surface area contributed by atoms with Crippen LogP contribution in [0.4, 0.5) is 23.0 Å². The molecule has 2 aromatic heterocycles. The van der Waals surface area contributed by atoms with Crippen molar-refractivity contribution < 1.29 is 9.59 Å². The zero-order valence-electron chi connectivity index (χ0n) is 20.0. The van der Waals surface area contributed by atoms with Gasteiger partial charge in [-0.05, 0) is 68.6 Å². The van der Waals surface area contributed by atoms with Crippen LogP contribution in [0, 0.1) is 12.8 Å².